The lowest BCUT2D eigenvalue weighted by Crippen LogP contribution is -2.21. The summed E-state index contributed by atoms with van der Waals surface area (Å²) in [5.74, 6) is -1.47. The average Bonchev–Trinajstić information content (AvgIpc) is 2.79. The third-order valence-corrected chi connectivity index (χ3v) is 5.19. The predicted octanol–water partition coefficient (Wildman–Crippen LogP) is 5.44. The molecule has 11 heteroatoms. The van der Waals surface area contributed by atoms with Crippen molar-refractivity contribution in [3.63, 3.8) is 0 Å². The number of aromatic nitrogens is 1. The van der Waals surface area contributed by atoms with E-state index in [1.54, 1.807) is 24.4 Å². The molecule has 0 saturated heterocycles. The molecular formula is C25H23F3N4O4. The van der Waals surface area contributed by atoms with E-state index in [1.165, 1.54) is 25.1 Å². The number of carbonyl (C=O) groups is 3. The Bertz CT molecular complexity index is 1310. The van der Waals surface area contributed by atoms with Gasteiger partial charge in [0, 0.05) is 37.1 Å². The van der Waals surface area contributed by atoms with E-state index in [4.69, 9.17) is 5.11 Å². The summed E-state index contributed by atoms with van der Waals surface area (Å²) in [6.45, 7) is 1.84. The highest BCUT2D eigenvalue weighted by molar-refractivity contribution is 6.12. The maximum atomic E-state index is 13.6. The van der Waals surface area contributed by atoms with E-state index >= 15 is 0 Å². The number of ketones is 1. The highest BCUT2D eigenvalue weighted by Crippen LogP contribution is 2.41. The molecule has 0 aliphatic heterocycles. The Hall–Kier alpha value is -4.41. The number of pyridine rings is 1. The van der Waals surface area contributed by atoms with E-state index in [1.807, 2.05) is 24.4 Å². The number of amides is 2. The first-order valence-electron chi connectivity index (χ1n) is 10.6. The number of benzene rings is 2. The van der Waals surface area contributed by atoms with Gasteiger partial charge in [-0.3, -0.25) is 19.9 Å². The number of halogens is 3. The zero-order valence-corrected chi connectivity index (χ0v) is 19.6. The van der Waals surface area contributed by atoms with E-state index in [2.05, 4.69) is 10.3 Å². The van der Waals surface area contributed by atoms with Gasteiger partial charge in [-0.1, -0.05) is 24.3 Å². The maximum absolute atomic E-state index is 13.6. The monoisotopic (exact) mass is 500 g/mol. The molecule has 3 N–H and O–H groups in total. The number of carboxylic acid groups (broad SMARTS) is 1. The first-order valence-corrected chi connectivity index (χ1v) is 10.6. The van der Waals surface area contributed by atoms with Gasteiger partial charge in [0.1, 0.15) is 0 Å². The Morgan fingerprint density at radius 3 is 2.25 bits per heavy atom. The van der Waals surface area contributed by atoms with Gasteiger partial charge >= 0.3 is 12.3 Å². The van der Waals surface area contributed by atoms with E-state index < -0.39 is 41.6 Å². The van der Waals surface area contributed by atoms with Crippen molar-refractivity contribution in [3.05, 3.63) is 71.5 Å². The topological polar surface area (TPSA) is 112 Å². The van der Waals surface area contributed by atoms with Crippen molar-refractivity contribution in [1.82, 2.24) is 4.98 Å². The Kier molecular flexibility index (Phi) is 7.62. The quantitative estimate of drug-likeness (QED) is 0.294. The van der Waals surface area contributed by atoms with Crippen molar-refractivity contribution in [2.45, 2.75) is 19.5 Å². The highest BCUT2D eigenvalue weighted by Gasteiger charge is 2.35. The zero-order chi connectivity index (χ0) is 26.6. The first-order chi connectivity index (χ1) is 16.8. The zero-order valence-electron chi connectivity index (χ0n) is 19.6. The minimum absolute atomic E-state index is 0.228. The number of rotatable bonds is 7. The fraction of sp³-hybridized carbons (Fsp3) is 0.200. The summed E-state index contributed by atoms with van der Waals surface area (Å²) in [4.78, 5) is 41.9. The molecule has 0 aliphatic carbocycles. The lowest BCUT2D eigenvalue weighted by Gasteiger charge is -2.22. The van der Waals surface area contributed by atoms with Gasteiger partial charge in [0.05, 0.1) is 29.0 Å². The highest BCUT2D eigenvalue weighted by atomic mass is 19.4. The molecule has 3 aromatic rings. The normalized spacial score (nSPS) is 11.1. The number of carbonyl (C=O) groups excluding carboxylic acids is 2. The van der Waals surface area contributed by atoms with Gasteiger partial charge in [-0.05, 0) is 36.8 Å². The van der Waals surface area contributed by atoms with Crippen molar-refractivity contribution >= 4 is 34.8 Å². The van der Waals surface area contributed by atoms with E-state index in [0.29, 0.717) is 11.6 Å². The molecule has 188 valence electrons. The maximum Gasteiger partial charge on any atom is 0.418 e. The summed E-state index contributed by atoms with van der Waals surface area (Å²) < 4.78 is 40.9. The number of anilines is 3. The Morgan fingerprint density at radius 1 is 0.972 bits per heavy atom. The van der Waals surface area contributed by atoms with Crippen LogP contribution in [-0.4, -0.2) is 42.0 Å². The Balaban J connectivity index is 1.86. The van der Waals surface area contributed by atoms with Crippen LogP contribution in [0.4, 0.5) is 35.0 Å². The van der Waals surface area contributed by atoms with Crippen molar-refractivity contribution < 1.29 is 32.7 Å². The molecule has 0 unspecified atom stereocenters. The molecule has 0 bridgehead atoms. The summed E-state index contributed by atoms with van der Waals surface area (Å²) in [6.07, 6.45) is -5.33. The Labute approximate surface area is 204 Å². The summed E-state index contributed by atoms with van der Waals surface area (Å²) in [6, 6.07) is 11.8. The SMILES string of the molecule is Cc1ccc(-c2cccc(C(=O)CC(=O)Nc3cc(C(F)(F)F)c(N(C)C)cc3NC(=O)O)c2)cn1. The van der Waals surface area contributed by atoms with Gasteiger partial charge in [0.25, 0.3) is 0 Å². The van der Waals surface area contributed by atoms with Crippen LogP contribution in [0.2, 0.25) is 0 Å². The van der Waals surface area contributed by atoms with Crippen LogP contribution < -0.4 is 15.5 Å². The van der Waals surface area contributed by atoms with Gasteiger partial charge in [-0.15, -0.1) is 0 Å². The summed E-state index contributed by atoms with van der Waals surface area (Å²) in [5.41, 5.74) is 0.451. The van der Waals surface area contributed by atoms with E-state index in [9.17, 15) is 27.6 Å². The molecule has 1 heterocycles. The number of nitrogens with one attached hydrogen (secondary N) is 2. The fourth-order valence-corrected chi connectivity index (χ4v) is 3.46. The second-order valence-electron chi connectivity index (χ2n) is 8.15. The summed E-state index contributed by atoms with van der Waals surface area (Å²) in [5, 5.41) is 13.3. The number of hydrogen-bond donors (Lipinski definition) is 3. The fourth-order valence-electron chi connectivity index (χ4n) is 3.46. The second-order valence-corrected chi connectivity index (χ2v) is 8.15. The lowest BCUT2D eigenvalue weighted by molar-refractivity contribution is -0.137. The Morgan fingerprint density at radius 2 is 1.67 bits per heavy atom. The molecule has 0 aliphatic rings. The molecule has 0 saturated carbocycles. The molecule has 1 aromatic heterocycles. The average molecular weight is 500 g/mol. The van der Waals surface area contributed by atoms with Crippen LogP contribution in [0.25, 0.3) is 11.1 Å². The third-order valence-electron chi connectivity index (χ3n) is 5.19. The van der Waals surface area contributed by atoms with Crippen LogP contribution in [-0.2, 0) is 11.0 Å². The predicted molar refractivity (Wildman–Crippen MR) is 129 cm³/mol. The van der Waals surface area contributed by atoms with Crippen LogP contribution in [0.1, 0.15) is 28.0 Å². The standard InChI is InChI=1S/C25H23F3N4O4/c1-14-7-8-17(13-29-14)15-5-4-6-16(9-15)22(33)12-23(34)30-19-10-18(25(26,27)28)21(32(2)3)11-20(19)31-24(35)36/h4-11,13,31H,12H2,1-3H3,(H,30,34)(H,35,36). The largest absolute Gasteiger partial charge is 0.465 e. The van der Waals surface area contributed by atoms with Gasteiger partial charge in [-0.25, -0.2) is 4.79 Å². The van der Waals surface area contributed by atoms with Crippen molar-refractivity contribution in [2.24, 2.45) is 0 Å². The van der Waals surface area contributed by atoms with Crippen LogP contribution in [0, 0.1) is 6.92 Å². The molecular weight excluding hydrogens is 477 g/mol. The molecule has 3 rings (SSSR count). The van der Waals surface area contributed by atoms with Crippen LogP contribution in [0.3, 0.4) is 0 Å². The molecule has 2 amide bonds. The van der Waals surface area contributed by atoms with Gasteiger partial charge in [-0.2, -0.15) is 13.2 Å². The third kappa shape index (κ3) is 6.38. The number of hydrogen-bond acceptors (Lipinski definition) is 5. The molecule has 36 heavy (non-hydrogen) atoms. The minimum Gasteiger partial charge on any atom is -0.465 e. The summed E-state index contributed by atoms with van der Waals surface area (Å²) >= 11 is 0. The second kappa shape index (κ2) is 10.5. The molecule has 0 radical (unpaired) electrons. The molecule has 0 fully saturated rings. The van der Waals surface area contributed by atoms with Crippen molar-refractivity contribution in [2.75, 3.05) is 29.6 Å². The lowest BCUT2D eigenvalue weighted by atomic mass is 10.0. The van der Waals surface area contributed by atoms with E-state index in [-0.39, 0.29) is 16.9 Å². The molecule has 0 atom stereocenters. The number of aryl methyl sites for hydroxylation is 1. The van der Waals surface area contributed by atoms with Gasteiger partial charge in [0.2, 0.25) is 5.91 Å². The summed E-state index contributed by atoms with van der Waals surface area (Å²) in [7, 11) is 2.74. The van der Waals surface area contributed by atoms with Gasteiger partial charge in [0.15, 0.2) is 5.78 Å². The van der Waals surface area contributed by atoms with Crippen molar-refractivity contribution in [1.29, 1.82) is 0 Å². The smallest absolute Gasteiger partial charge is 0.418 e. The van der Waals surface area contributed by atoms with Crippen LogP contribution >= 0.6 is 0 Å². The molecule has 0 spiro atoms. The van der Waals surface area contributed by atoms with E-state index in [0.717, 1.165) is 17.3 Å². The first kappa shape index (κ1) is 26.2. The molecule has 2 aromatic carbocycles. The number of nitrogens with zero attached hydrogens (tertiary/aromatic N) is 2. The van der Waals surface area contributed by atoms with Crippen molar-refractivity contribution in [3.8, 4) is 11.1 Å². The molecule has 8 nitrogen and oxygen atoms in total. The van der Waals surface area contributed by atoms with Crippen LogP contribution in [0.15, 0.2) is 54.7 Å². The van der Waals surface area contributed by atoms with Crippen LogP contribution in [0.5, 0.6) is 0 Å². The number of alkyl halides is 3. The number of Topliss-reactive ketones (excluding diaryl/α,β-unsaturated/α-hetero) is 1. The minimum atomic E-state index is -4.78. The van der Waals surface area contributed by atoms with Gasteiger partial charge < -0.3 is 15.3 Å².